The standard InChI is InChI=1S/C16H17NO4/c1-3-4-8-15(18)21-14-7-5-6-12(10-14)9-13(11-17)16(19)20-2/h5-7,9-10H,3-4,8H2,1-2H3. The first-order valence-electron chi connectivity index (χ1n) is 6.61. The number of rotatable bonds is 6. The predicted molar refractivity (Wildman–Crippen MR) is 77.2 cm³/mol. The van der Waals surface area contributed by atoms with Crippen LogP contribution in [0.25, 0.3) is 6.08 Å². The zero-order valence-electron chi connectivity index (χ0n) is 12.1. The Morgan fingerprint density at radius 1 is 1.38 bits per heavy atom. The topological polar surface area (TPSA) is 76.4 Å². The molecule has 0 N–H and O–H groups in total. The number of hydrogen-bond acceptors (Lipinski definition) is 5. The van der Waals surface area contributed by atoms with E-state index in [1.165, 1.54) is 13.2 Å². The molecule has 0 fully saturated rings. The summed E-state index contributed by atoms with van der Waals surface area (Å²) in [6.07, 6.45) is 3.44. The molecule has 110 valence electrons. The Morgan fingerprint density at radius 3 is 2.76 bits per heavy atom. The van der Waals surface area contributed by atoms with Crippen molar-refractivity contribution >= 4 is 18.0 Å². The van der Waals surface area contributed by atoms with E-state index in [-0.39, 0.29) is 11.5 Å². The minimum absolute atomic E-state index is 0.119. The smallest absolute Gasteiger partial charge is 0.348 e. The lowest BCUT2D eigenvalue weighted by Crippen LogP contribution is -2.07. The summed E-state index contributed by atoms with van der Waals surface area (Å²) in [5.41, 5.74) is 0.463. The summed E-state index contributed by atoms with van der Waals surface area (Å²) in [5, 5.41) is 8.90. The number of carbonyl (C=O) groups is 2. The molecule has 0 aliphatic rings. The number of esters is 2. The maximum Gasteiger partial charge on any atom is 0.348 e. The van der Waals surface area contributed by atoms with Gasteiger partial charge in [0.05, 0.1) is 7.11 Å². The summed E-state index contributed by atoms with van der Waals surface area (Å²) in [4.78, 5) is 22.9. The molecule has 0 aromatic heterocycles. The molecule has 0 atom stereocenters. The average Bonchev–Trinajstić information content (AvgIpc) is 2.50. The van der Waals surface area contributed by atoms with E-state index in [1.54, 1.807) is 30.3 Å². The Morgan fingerprint density at radius 2 is 2.14 bits per heavy atom. The highest BCUT2D eigenvalue weighted by Gasteiger charge is 2.09. The van der Waals surface area contributed by atoms with Crippen molar-refractivity contribution in [2.45, 2.75) is 26.2 Å². The molecule has 1 aromatic rings. The van der Waals surface area contributed by atoms with Gasteiger partial charge in [-0.15, -0.1) is 0 Å². The number of ether oxygens (including phenoxy) is 2. The fraction of sp³-hybridized carbons (Fsp3) is 0.312. The van der Waals surface area contributed by atoms with Gasteiger partial charge in [0.1, 0.15) is 17.4 Å². The molecule has 0 saturated carbocycles. The van der Waals surface area contributed by atoms with Crippen molar-refractivity contribution in [3.63, 3.8) is 0 Å². The van der Waals surface area contributed by atoms with Crippen molar-refractivity contribution in [2.24, 2.45) is 0 Å². The molecule has 0 saturated heterocycles. The quantitative estimate of drug-likeness (QED) is 0.348. The number of methoxy groups -OCH3 is 1. The highest BCUT2D eigenvalue weighted by Crippen LogP contribution is 2.17. The minimum Gasteiger partial charge on any atom is -0.465 e. The predicted octanol–water partition coefficient (Wildman–Crippen LogP) is 2.86. The number of unbranched alkanes of at least 4 members (excludes halogenated alkanes) is 1. The highest BCUT2D eigenvalue weighted by atomic mass is 16.5. The molecule has 0 aliphatic carbocycles. The molecule has 0 unspecified atom stereocenters. The SMILES string of the molecule is CCCCC(=O)Oc1cccc(C=C(C#N)C(=O)OC)c1. The third kappa shape index (κ3) is 5.49. The fourth-order valence-electron chi connectivity index (χ4n) is 1.58. The molecule has 0 radical (unpaired) electrons. The molecule has 1 rings (SSSR count). The molecule has 5 nitrogen and oxygen atoms in total. The third-order valence-electron chi connectivity index (χ3n) is 2.66. The van der Waals surface area contributed by atoms with Crippen LogP contribution in [0.5, 0.6) is 5.75 Å². The Bertz CT molecular complexity index is 584. The second kappa shape index (κ2) is 8.54. The van der Waals surface area contributed by atoms with Crippen LogP contribution in [0.3, 0.4) is 0 Å². The normalized spacial score (nSPS) is 10.6. The molecule has 0 spiro atoms. The third-order valence-corrected chi connectivity index (χ3v) is 2.66. The molecule has 5 heteroatoms. The van der Waals surface area contributed by atoms with Crippen molar-refractivity contribution in [3.8, 4) is 11.8 Å². The Hall–Kier alpha value is -2.61. The lowest BCUT2D eigenvalue weighted by atomic mass is 10.1. The van der Waals surface area contributed by atoms with Crippen LogP contribution in [-0.4, -0.2) is 19.0 Å². The number of nitriles is 1. The number of benzene rings is 1. The first-order chi connectivity index (χ1) is 10.1. The molecular weight excluding hydrogens is 270 g/mol. The van der Waals surface area contributed by atoms with Crippen LogP contribution in [0.2, 0.25) is 0 Å². The molecule has 0 aliphatic heterocycles. The van der Waals surface area contributed by atoms with Gasteiger partial charge in [0.2, 0.25) is 0 Å². The van der Waals surface area contributed by atoms with Crippen LogP contribution in [0.4, 0.5) is 0 Å². The summed E-state index contributed by atoms with van der Waals surface area (Å²) < 4.78 is 9.69. The van der Waals surface area contributed by atoms with Gasteiger partial charge in [-0.1, -0.05) is 25.5 Å². The van der Waals surface area contributed by atoms with E-state index in [1.807, 2.05) is 6.92 Å². The van der Waals surface area contributed by atoms with E-state index >= 15 is 0 Å². The van der Waals surface area contributed by atoms with Crippen molar-refractivity contribution in [1.82, 2.24) is 0 Å². The monoisotopic (exact) mass is 287 g/mol. The van der Waals surface area contributed by atoms with E-state index in [4.69, 9.17) is 10.00 Å². The first-order valence-corrected chi connectivity index (χ1v) is 6.61. The van der Waals surface area contributed by atoms with Crippen LogP contribution in [-0.2, 0) is 14.3 Å². The minimum atomic E-state index is -0.706. The van der Waals surface area contributed by atoms with Gasteiger partial charge in [-0.25, -0.2) is 4.79 Å². The Labute approximate surface area is 123 Å². The maximum absolute atomic E-state index is 11.6. The zero-order chi connectivity index (χ0) is 15.7. The number of nitrogens with zero attached hydrogens (tertiary/aromatic N) is 1. The molecule has 1 aromatic carbocycles. The lowest BCUT2D eigenvalue weighted by Gasteiger charge is -2.05. The summed E-state index contributed by atoms with van der Waals surface area (Å²) in [6.45, 7) is 1.99. The summed E-state index contributed by atoms with van der Waals surface area (Å²) in [6, 6.07) is 8.38. The summed E-state index contributed by atoms with van der Waals surface area (Å²) in [5.74, 6) is -0.624. The van der Waals surface area contributed by atoms with E-state index in [2.05, 4.69) is 4.74 Å². The highest BCUT2D eigenvalue weighted by molar-refractivity contribution is 5.97. The van der Waals surface area contributed by atoms with Gasteiger partial charge in [-0.3, -0.25) is 4.79 Å². The number of hydrogen-bond donors (Lipinski definition) is 0. The zero-order valence-corrected chi connectivity index (χ0v) is 12.1. The van der Waals surface area contributed by atoms with Crippen molar-refractivity contribution in [2.75, 3.05) is 7.11 Å². The molecule has 0 amide bonds. The van der Waals surface area contributed by atoms with Crippen LogP contribution in [0.1, 0.15) is 31.7 Å². The second-order valence-corrected chi connectivity index (χ2v) is 4.31. The molecular formula is C16H17NO4. The van der Waals surface area contributed by atoms with E-state index in [0.29, 0.717) is 17.7 Å². The maximum atomic E-state index is 11.6. The van der Waals surface area contributed by atoms with Gasteiger partial charge in [-0.05, 0) is 30.2 Å². The van der Waals surface area contributed by atoms with Gasteiger partial charge >= 0.3 is 11.9 Å². The van der Waals surface area contributed by atoms with Crippen molar-refractivity contribution < 1.29 is 19.1 Å². The van der Waals surface area contributed by atoms with E-state index in [9.17, 15) is 9.59 Å². The fourth-order valence-corrected chi connectivity index (χ4v) is 1.58. The lowest BCUT2D eigenvalue weighted by molar-refractivity contribution is -0.136. The largest absolute Gasteiger partial charge is 0.465 e. The summed E-state index contributed by atoms with van der Waals surface area (Å²) in [7, 11) is 1.21. The van der Waals surface area contributed by atoms with E-state index < -0.39 is 5.97 Å². The van der Waals surface area contributed by atoms with Crippen LogP contribution < -0.4 is 4.74 Å². The van der Waals surface area contributed by atoms with Gasteiger partial charge < -0.3 is 9.47 Å². The van der Waals surface area contributed by atoms with Gasteiger partial charge in [0, 0.05) is 6.42 Å². The van der Waals surface area contributed by atoms with Crippen molar-refractivity contribution in [1.29, 1.82) is 5.26 Å². The molecule has 21 heavy (non-hydrogen) atoms. The summed E-state index contributed by atoms with van der Waals surface area (Å²) >= 11 is 0. The van der Waals surface area contributed by atoms with Crippen LogP contribution in [0.15, 0.2) is 29.8 Å². The average molecular weight is 287 g/mol. The van der Waals surface area contributed by atoms with E-state index in [0.717, 1.165) is 12.8 Å². The first kappa shape index (κ1) is 16.4. The van der Waals surface area contributed by atoms with Gasteiger partial charge in [-0.2, -0.15) is 5.26 Å². The molecule has 0 bridgehead atoms. The Balaban J connectivity index is 2.86. The molecule has 0 heterocycles. The van der Waals surface area contributed by atoms with Crippen molar-refractivity contribution in [3.05, 3.63) is 35.4 Å². The van der Waals surface area contributed by atoms with Gasteiger partial charge in [0.15, 0.2) is 0 Å². The number of carbonyl (C=O) groups excluding carboxylic acids is 2. The van der Waals surface area contributed by atoms with Crippen LogP contribution in [0, 0.1) is 11.3 Å². The Kier molecular flexibility index (Phi) is 6.69. The second-order valence-electron chi connectivity index (χ2n) is 4.31. The van der Waals surface area contributed by atoms with Gasteiger partial charge in [0.25, 0.3) is 0 Å². The van der Waals surface area contributed by atoms with Crippen LogP contribution >= 0.6 is 0 Å².